The van der Waals surface area contributed by atoms with Crippen LogP contribution in [0.2, 0.25) is 0 Å². The Hall–Kier alpha value is -5.58. The molecule has 4 heteroatoms. The van der Waals surface area contributed by atoms with Crippen LogP contribution in [0.5, 0.6) is 0 Å². The van der Waals surface area contributed by atoms with E-state index in [4.69, 9.17) is 0 Å². The van der Waals surface area contributed by atoms with Gasteiger partial charge in [-0.15, -0.1) is 11.3 Å². The summed E-state index contributed by atoms with van der Waals surface area (Å²) in [5.74, 6) is 0. The van der Waals surface area contributed by atoms with Gasteiger partial charge in [-0.2, -0.15) is 0 Å². The van der Waals surface area contributed by atoms with Crippen molar-refractivity contribution in [2.24, 2.45) is 0 Å². The van der Waals surface area contributed by atoms with Crippen LogP contribution in [-0.4, -0.2) is 6.71 Å². The Morgan fingerprint density at radius 1 is 0.451 bits per heavy atom. The third kappa shape index (κ3) is 6.92. The average Bonchev–Trinajstić information content (AvgIpc) is 3.65. The zero-order chi connectivity index (χ0) is 50.2. The van der Waals surface area contributed by atoms with Gasteiger partial charge in [-0.1, -0.05) is 142 Å². The largest absolute Gasteiger partial charge is 0.311 e. The third-order valence-electron chi connectivity index (χ3n) is 18.2. The minimum atomic E-state index is 0.00317. The molecule has 0 spiro atoms. The smallest absolute Gasteiger partial charge is 0.252 e. The number of fused-ring (bicyclic) bond motifs is 9. The van der Waals surface area contributed by atoms with E-state index < -0.39 is 0 Å². The minimum absolute atomic E-state index is 0.00317. The summed E-state index contributed by atoms with van der Waals surface area (Å²) in [5, 5.41) is 2.71. The molecule has 2 aliphatic heterocycles. The number of benzene rings is 7. The van der Waals surface area contributed by atoms with Crippen molar-refractivity contribution in [1.82, 2.24) is 0 Å². The van der Waals surface area contributed by atoms with Crippen LogP contribution in [0.15, 0.2) is 103 Å². The van der Waals surface area contributed by atoms with Gasteiger partial charge in [0.05, 0.1) is 0 Å². The van der Waals surface area contributed by atoms with Crippen molar-refractivity contribution >= 4 is 88.7 Å². The van der Waals surface area contributed by atoms with Crippen molar-refractivity contribution in [1.29, 1.82) is 0 Å². The van der Waals surface area contributed by atoms with Crippen LogP contribution in [0, 0.1) is 34.6 Å². The van der Waals surface area contributed by atoms with E-state index in [0.29, 0.717) is 0 Å². The van der Waals surface area contributed by atoms with Gasteiger partial charge in [0.1, 0.15) is 0 Å². The van der Waals surface area contributed by atoms with Gasteiger partial charge in [0, 0.05) is 48.9 Å². The molecule has 12 rings (SSSR count). The molecule has 360 valence electrons. The first-order valence-electron chi connectivity index (χ1n) is 26.6. The molecule has 0 fully saturated rings. The normalized spacial score (nSPS) is 18.0. The van der Waals surface area contributed by atoms with E-state index in [2.05, 4.69) is 224 Å². The van der Waals surface area contributed by atoms with Gasteiger partial charge in [0.15, 0.2) is 0 Å². The fourth-order valence-corrected chi connectivity index (χ4v) is 15.0. The second-order valence-corrected chi connectivity index (χ2v) is 27.3. The quantitative estimate of drug-likeness (QED) is 0.163. The molecule has 2 aliphatic carbocycles. The second-order valence-electron chi connectivity index (χ2n) is 26.2. The zero-order valence-corrected chi connectivity index (χ0v) is 46.3. The van der Waals surface area contributed by atoms with Gasteiger partial charge >= 0.3 is 0 Å². The Morgan fingerprint density at radius 2 is 0.958 bits per heavy atom. The molecule has 7 aromatic carbocycles. The van der Waals surface area contributed by atoms with E-state index in [-0.39, 0.29) is 33.8 Å². The molecule has 2 nitrogen and oxygen atoms in total. The molecule has 0 atom stereocenters. The summed E-state index contributed by atoms with van der Waals surface area (Å²) in [6.07, 6.45) is 4.70. The van der Waals surface area contributed by atoms with Gasteiger partial charge in [-0.3, -0.25) is 0 Å². The van der Waals surface area contributed by atoms with Crippen LogP contribution in [-0.2, 0) is 27.1 Å². The standard InChI is InChI=1S/C67H73BN2S/c1-38-27-41(4)61(42(5)28-38)43-31-57-62-58(32-43)70(54-35-49-47(30-40(54)3)64(9,10)23-25-66(49,13)14)56-37-60-46(45-19-17-18-20-59(45)71-60)33-51(56)68(62)52-34-48-50(67(15,16)26-24-65(48,11)12)36-55(52)69(57)53-22-21-44(29-39(53)2)63(6,7)8/h17-22,27-37H,23-26H2,1-16H3. The van der Waals surface area contributed by atoms with E-state index in [1.165, 1.54) is 163 Å². The Balaban J connectivity index is 1.28. The molecule has 0 saturated heterocycles. The highest BCUT2D eigenvalue weighted by molar-refractivity contribution is 7.26. The molecule has 71 heavy (non-hydrogen) atoms. The average molecular weight is 949 g/mol. The van der Waals surface area contributed by atoms with Crippen molar-refractivity contribution in [2.75, 3.05) is 9.80 Å². The molecule has 0 saturated carbocycles. The van der Waals surface area contributed by atoms with Gasteiger partial charge in [0.2, 0.25) is 0 Å². The van der Waals surface area contributed by atoms with Crippen LogP contribution in [0.1, 0.15) is 157 Å². The van der Waals surface area contributed by atoms with Gasteiger partial charge in [-0.05, 0) is 213 Å². The summed E-state index contributed by atoms with van der Waals surface area (Å²) < 4.78 is 2.69. The number of hydrogen-bond donors (Lipinski definition) is 0. The first-order chi connectivity index (χ1) is 33.3. The molecule has 0 amide bonds. The number of anilines is 6. The fraction of sp³-hybridized carbons (Fsp3) is 0.373. The first kappa shape index (κ1) is 46.5. The first-order valence-corrected chi connectivity index (χ1v) is 27.4. The molecule has 0 unspecified atom stereocenters. The Kier molecular flexibility index (Phi) is 9.98. The third-order valence-corrected chi connectivity index (χ3v) is 19.4. The predicted molar refractivity (Wildman–Crippen MR) is 312 cm³/mol. The SMILES string of the molecule is Cc1cc(C)c(-c2cc3c4c(c2)N(c2cc5c(cc2C)C(C)(C)CCC5(C)C)c2cc5sc6ccccc6c5cc2B4c2cc4c(cc2N3c2ccc(C(C)(C)C)cc2C)C(C)(C)CCC4(C)C)c(C)c1. The van der Waals surface area contributed by atoms with Crippen molar-refractivity contribution in [3.05, 3.63) is 159 Å². The van der Waals surface area contributed by atoms with Crippen LogP contribution < -0.4 is 26.2 Å². The summed E-state index contributed by atoms with van der Waals surface area (Å²) in [7, 11) is 0. The Bertz CT molecular complexity index is 3580. The van der Waals surface area contributed by atoms with Crippen LogP contribution in [0.3, 0.4) is 0 Å². The van der Waals surface area contributed by atoms with E-state index in [1.54, 1.807) is 0 Å². The van der Waals surface area contributed by atoms with Gasteiger partial charge in [-0.25, -0.2) is 0 Å². The van der Waals surface area contributed by atoms with E-state index in [1.807, 2.05) is 11.3 Å². The topological polar surface area (TPSA) is 6.48 Å². The Morgan fingerprint density at radius 3 is 1.55 bits per heavy atom. The number of aryl methyl sites for hydroxylation is 5. The molecule has 1 aromatic heterocycles. The number of hydrogen-bond acceptors (Lipinski definition) is 3. The highest BCUT2D eigenvalue weighted by Crippen LogP contribution is 2.55. The minimum Gasteiger partial charge on any atom is -0.311 e. The summed E-state index contributed by atoms with van der Waals surface area (Å²) in [5.41, 5.74) is 28.8. The summed E-state index contributed by atoms with van der Waals surface area (Å²) >= 11 is 1.94. The highest BCUT2D eigenvalue weighted by atomic mass is 32.1. The number of rotatable bonds is 3. The zero-order valence-electron chi connectivity index (χ0n) is 45.5. The molecule has 0 bridgehead atoms. The molecule has 3 heterocycles. The monoisotopic (exact) mass is 949 g/mol. The summed E-state index contributed by atoms with van der Waals surface area (Å²) in [6, 6.07) is 42.2. The van der Waals surface area contributed by atoms with E-state index in [0.717, 1.165) is 0 Å². The molecular weight excluding hydrogens is 876 g/mol. The number of thiophene rings is 1. The maximum atomic E-state index is 2.74. The molecular formula is C67H73BN2S. The maximum Gasteiger partial charge on any atom is 0.252 e. The lowest BCUT2D eigenvalue weighted by atomic mass is 9.33. The molecule has 0 N–H and O–H groups in total. The number of nitrogens with zero attached hydrogens (tertiary/aromatic N) is 2. The van der Waals surface area contributed by atoms with E-state index in [9.17, 15) is 0 Å². The van der Waals surface area contributed by atoms with E-state index >= 15 is 0 Å². The maximum absolute atomic E-state index is 2.74. The van der Waals surface area contributed by atoms with Crippen LogP contribution in [0.25, 0.3) is 31.3 Å². The lowest BCUT2D eigenvalue weighted by Gasteiger charge is -2.48. The second kappa shape index (κ2) is 15.2. The summed E-state index contributed by atoms with van der Waals surface area (Å²) in [6.45, 7) is 38.5. The van der Waals surface area contributed by atoms with Crippen molar-refractivity contribution in [3.8, 4) is 11.1 Å². The molecule has 4 aliphatic rings. The summed E-state index contributed by atoms with van der Waals surface area (Å²) in [4.78, 5) is 5.47. The molecule has 8 aromatic rings. The lowest BCUT2D eigenvalue weighted by Crippen LogP contribution is -2.62. The van der Waals surface area contributed by atoms with Gasteiger partial charge in [0.25, 0.3) is 6.71 Å². The lowest BCUT2D eigenvalue weighted by molar-refractivity contribution is 0.332. The van der Waals surface area contributed by atoms with Crippen LogP contribution in [0.4, 0.5) is 34.1 Å². The van der Waals surface area contributed by atoms with Crippen molar-refractivity contribution < 1.29 is 0 Å². The molecule has 0 radical (unpaired) electrons. The highest BCUT2D eigenvalue weighted by Gasteiger charge is 2.48. The van der Waals surface area contributed by atoms with Crippen molar-refractivity contribution in [2.45, 2.75) is 164 Å². The predicted octanol–water partition coefficient (Wildman–Crippen LogP) is 17.3. The Labute approximate surface area is 429 Å². The van der Waals surface area contributed by atoms with Crippen LogP contribution >= 0.6 is 11.3 Å². The van der Waals surface area contributed by atoms with Gasteiger partial charge < -0.3 is 9.80 Å². The fourth-order valence-electron chi connectivity index (χ4n) is 13.9. The van der Waals surface area contributed by atoms with Crippen molar-refractivity contribution in [3.63, 3.8) is 0 Å².